The maximum absolute atomic E-state index is 12.1. The summed E-state index contributed by atoms with van der Waals surface area (Å²) in [7, 11) is 1.40. The number of hydrogen-bond acceptors (Lipinski definition) is 5. The number of carbonyl (C=O) groups is 2. The summed E-state index contributed by atoms with van der Waals surface area (Å²) >= 11 is 1.45. The highest BCUT2D eigenvalue weighted by Crippen LogP contribution is 2.26. The van der Waals surface area contributed by atoms with Gasteiger partial charge in [-0.3, -0.25) is 0 Å². The Morgan fingerprint density at radius 3 is 2.48 bits per heavy atom. The van der Waals surface area contributed by atoms with Crippen molar-refractivity contribution in [3.05, 3.63) is 27.5 Å². The number of hydrogen-bond donors (Lipinski definition) is 0. The van der Waals surface area contributed by atoms with E-state index in [1.165, 1.54) is 18.4 Å². The fourth-order valence-corrected chi connectivity index (χ4v) is 3.67. The smallest absolute Gasteiger partial charge is 0.410 e. The lowest BCUT2D eigenvalue weighted by Gasteiger charge is -2.32. The molecule has 0 unspecified atom stereocenters. The Morgan fingerprint density at radius 1 is 1.28 bits per heavy atom. The molecule has 0 bridgehead atoms. The van der Waals surface area contributed by atoms with Crippen molar-refractivity contribution in [3.63, 3.8) is 0 Å². The van der Waals surface area contributed by atoms with E-state index in [-0.39, 0.29) is 12.1 Å². The van der Waals surface area contributed by atoms with E-state index in [9.17, 15) is 9.59 Å². The van der Waals surface area contributed by atoms with Gasteiger partial charge in [-0.25, -0.2) is 9.59 Å². The summed E-state index contributed by atoms with van der Waals surface area (Å²) in [4.78, 5) is 27.4. The van der Waals surface area contributed by atoms with Crippen LogP contribution in [0, 0.1) is 12.8 Å². The van der Waals surface area contributed by atoms with E-state index in [2.05, 4.69) is 6.08 Å². The molecule has 1 amide bonds. The summed E-state index contributed by atoms with van der Waals surface area (Å²) in [6, 6.07) is 2.00. The molecule has 2 heterocycles. The van der Waals surface area contributed by atoms with Gasteiger partial charge in [-0.1, -0.05) is 12.2 Å². The first-order valence-electron chi connectivity index (χ1n) is 8.54. The van der Waals surface area contributed by atoms with Crippen LogP contribution >= 0.6 is 11.3 Å². The van der Waals surface area contributed by atoms with E-state index in [1.54, 1.807) is 4.90 Å². The van der Waals surface area contributed by atoms with Crippen molar-refractivity contribution in [2.75, 3.05) is 20.2 Å². The summed E-state index contributed by atoms with van der Waals surface area (Å²) in [6.07, 6.45) is 5.69. The highest BCUT2D eigenvalue weighted by Gasteiger charge is 2.26. The van der Waals surface area contributed by atoms with Gasteiger partial charge < -0.3 is 14.4 Å². The van der Waals surface area contributed by atoms with Gasteiger partial charge in [-0.05, 0) is 58.1 Å². The molecule has 0 radical (unpaired) electrons. The Bertz CT molecular complexity index is 649. The number of likely N-dealkylation sites (tertiary alicyclic amines) is 1. The summed E-state index contributed by atoms with van der Waals surface area (Å²) < 4.78 is 10.3. The van der Waals surface area contributed by atoms with Crippen LogP contribution in [0.4, 0.5) is 4.79 Å². The molecule has 1 aromatic heterocycles. The van der Waals surface area contributed by atoms with Gasteiger partial charge in [-0.15, -0.1) is 11.3 Å². The second-order valence-corrected chi connectivity index (χ2v) is 8.55. The first kappa shape index (κ1) is 19.5. The van der Waals surface area contributed by atoms with Crippen LogP contribution in [0.3, 0.4) is 0 Å². The molecule has 0 atom stereocenters. The second kappa shape index (κ2) is 8.04. The van der Waals surface area contributed by atoms with Gasteiger partial charge in [0.05, 0.1) is 7.11 Å². The van der Waals surface area contributed by atoms with Crippen LogP contribution in [0.25, 0.3) is 6.08 Å². The van der Waals surface area contributed by atoms with Crippen LogP contribution in [0.2, 0.25) is 0 Å². The molecular formula is C19H27NO4S. The Balaban J connectivity index is 1.93. The molecular weight excluding hydrogens is 338 g/mol. The molecule has 1 fully saturated rings. The fraction of sp³-hybridized carbons (Fsp3) is 0.579. The molecule has 1 saturated heterocycles. The highest BCUT2D eigenvalue weighted by atomic mass is 32.1. The monoisotopic (exact) mass is 365 g/mol. The topological polar surface area (TPSA) is 55.8 Å². The number of piperidine rings is 1. The maximum atomic E-state index is 12.1. The van der Waals surface area contributed by atoms with Crippen molar-refractivity contribution in [1.29, 1.82) is 0 Å². The number of carbonyl (C=O) groups excluding carboxylic acids is 2. The molecule has 0 spiro atoms. The lowest BCUT2D eigenvalue weighted by molar-refractivity contribution is 0.0197. The quantitative estimate of drug-likeness (QED) is 0.740. The average Bonchev–Trinajstić information content (AvgIpc) is 2.92. The minimum Gasteiger partial charge on any atom is -0.465 e. The number of esters is 1. The van der Waals surface area contributed by atoms with E-state index in [4.69, 9.17) is 9.47 Å². The third-order valence-corrected chi connectivity index (χ3v) is 5.04. The molecule has 6 heteroatoms. The standard InChI is InChI=1S/C19H27NO4S/c1-13-12-15(16(25-13)17(21)23-5)7-6-14-8-10-20(11-9-14)18(22)24-19(2,3)4/h6-7,12,14H,8-11H2,1-5H3. The first-order valence-corrected chi connectivity index (χ1v) is 9.36. The molecule has 1 aliphatic rings. The van der Waals surface area contributed by atoms with E-state index < -0.39 is 5.60 Å². The predicted octanol–water partition coefficient (Wildman–Crippen LogP) is 4.50. The predicted molar refractivity (Wildman–Crippen MR) is 100.0 cm³/mol. The second-order valence-electron chi connectivity index (χ2n) is 7.30. The van der Waals surface area contributed by atoms with Gasteiger partial charge in [0, 0.05) is 18.0 Å². The average molecular weight is 365 g/mol. The van der Waals surface area contributed by atoms with Gasteiger partial charge in [0.15, 0.2) is 0 Å². The molecule has 0 aromatic carbocycles. The molecule has 5 nitrogen and oxygen atoms in total. The molecule has 25 heavy (non-hydrogen) atoms. The van der Waals surface area contributed by atoms with Crippen molar-refractivity contribution < 1.29 is 19.1 Å². The van der Waals surface area contributed by atoms with Gasteiger partial charge in [-0.2, -0.15) is 0 Å². The Kier molecular flexibility index (Phi) is 6.27. The van der Waals surface area contributed by atoms with Crippen molar-refractivity contribution in [1.82, 2.24) is 4.90 Å². The van der Waals surface area contributed by atoms with Crippen LogP contribution in [-0.2, 0) is 9.47 Å². The van der Waals surface area contributed by atoms with Crippen LogP contribution in [0.15, 0.2) is 12.1 Å². The minimum absolute atomic E-state index is 0.239. The summed E-state index contributed by atoms with van der Waals surface area (Å²) in [5.41, 5.74) is 0.443. The Labute approximate surface area is 153 Å². The fourth-order valence-electron chi connectivity index (χ4n) is 2.75. The largest absolute Gasteiger partial charge is 0.465 e. The normalized spacial score (nSPS) is 16.3. The lowest BCUT2D eigenvalue weighted by atomic mass is 9.96. The minimum atomic E-state index is -0.463. The number of amides is 1. The van der Waals surface area contributed by atoms with Crippen molar-refractivity contribution in [2.45, 2.75) is 46.1 Å². The number of nitrogens with zero attached hydrogens (tertiary/aromatic N) is 1. The summed E-state index contributed by atoms with van der Waals surface area (Å²) in [5, 5.41) is 0. The zero-order valence-electron chi connectivity index (χ0n) is 15.6. The van der Waals surface area contributed by atoms with E-state index in [0.29, 0.717) is 23.9 Å². The van der Waals surface area contributed by atoms with Crippen LogP contribution < -0.4 is 0 Å². The lowest BCUT2D eigenvalue weighted by Crippen LogP contribution is -2.41. The number of methoxy groups -OCH3 is 1. The van der Waals surface area contributed by atoms with Crippen molar-refractivity contribution in [2.24, 2.45) is 5.92 Å². The molecule has 0 N–H and O–H groups in total. The molecule has 0 aliphatic carbocycles. The number of thiophene rings is 1. The number of ether oxygens (including phenoxy) is 2. The molecule has 138 valence electrons. The van der Waals surface area contributed by atoms with Gasteiger partial charge in [0.1, 0.15) is 10.5 Å². The van der Waals surface area contributed by atoms with E-state index in [1.807, 2.05) is 39.8 Å². The molecule has 1 aromatic rings. The van der Waals surface area contributed by atoms with Gasteiger partial charge in [0.25, 0.3) is 0 Å². The summed E-state index contributed by atoms with van der Waals surface area (Å²) in [6.45, 7) is 8.99. The van der Waals surface area contributed by atoms with Crippen LogP contribution in [0.1, 0.15) is 53.7 Å². The molecule has 0 saturated carbocycles. The number of rotatable bonds is 3. The molecule has 2 rings (SSSR count). The van der Waals surface area contributed by atoms with Gasteiger partial charge in [0.2, 0.25) is 0 Å². The Hall–Kier alpha value is -1.82. The Morgan fingerprint density at radius 2 is 1.92 bits per heavy atom. The zero-order valence-corrected chi connectivity index (χ0v) is 16.4. The van der Waals surface area contributed by atoms with Crippen molar-refractivity contribution in [3.8, 4) is 0 Å². The van der Waals surface area contributed by atoms with E-state index >= 15 is 0 Å². The maximum Gasteiger partial charge on any atom is 0.410 e. The third kappa shape index (κ3) is 5.59. The van der Waals surface area contributed by atoms with Crippen molar-refractivity contribution >= 4 is 29.5 Å². The van der Waals surface area contributed by atoms with E-state index in [0.717, 1.165) is 23.3 Å². The third-order valence-electron chi connectivity index (χ3n) is 3.99. The highest BCUT2D eigenvalue weighted by molar-refractivity contribution is 7.14. The summed E-state index contributed by atoms with van der Waals surface area (Å²) in [5.74, 6) is 0.0990. The first-order chi connectivity index (χ1) is 11.7. The van der Waals surface area contributed by atoms with Crippen LogP contribution in [0.5, 0.6) is 0 Å². The molecule has 1 aliphatic heterocycles. The number of allylic oxidation sites excluding steroid dienone is 1. The zero-order chi connectivity index (χ0) is 18.6. The van der Waals surface area contributed by atoms with Gasteiger partial charge >= 0.3 is 12.1 Å². The van der Waals surface area contributed by atoms with Crippen LogP contribution in [-0.4, -0.2) is 42.8 Å². The number of aryl methyl sites for hydroxylation is 1. The SMILES string of the molecule is COC(=O)c1sc(C)cc1C=CC1CCN(C(=O)OC(C)(C)C)CC1.